The third-order valence-electron chi connectivity index (χ3n) is 3.68. The van der Waals surface area contributed by atoms with Crippen LogP contribution in [0.15, 0.2) is 23.9 Å². The third-order valence-corrected chi connectivity index (χ3v) is 3.68. The second kappa shape index (κ2) is 15.3. The minimum atomic E-state index is -0.725. The summed E-state index contributed by atoms with van der Waals surface area (Å²) >= 11 is 0. The lowest BCUT2D eigenvalue weighted by atomic mass is 10.1. The van der Waals surface area contributed by atoms with Crippen molar-refractivity contribution < 1.29 is 14.8 Å². The fourth-order valence-corrected chi connectivity index (χ4v) is 2.29. The van der Waals surface area contributed by atoms with Crippen LogP contribution in [-0.4, -0.2) is 16.0 Å². The molecule has 23 heavy (non-hydrogen) atoms. The lowest BCUT2D eigenvalue weighted by molar-refractivity contribution is -0.427. The van der Waals surface area contributed by atoms with Gasteiger partial charge in [-0.3, -0.25) is 14.9 Å². The normalized spacial score (nSPS) is 12.0. The molecule has 0 aliphatic carbocycles. The first-order chi connectivity index (χ1) is 11.1. The molecular formula is C18H31NO4. The van der Waals surface area contributed by atoms with E-state index >= 15 is 0 Å². The van der Waals surface area contributed by atoms with E-state index in [1.54, 1.807) is 6.08 Å². The maximum Gasteiger partial charge on any atom is 0.303 e. The summed E-state index contributed by atoms with van der Waals surface area (Å²) in [6, 6.07) is 0. The van der Waals surface area contributed by atoms with E-state index in [2.05, 4.69) is 6.92 Å². The van der Waals surface area contributed by atoms with Gasteiger partial charge in [-0.15, -0.1) is 0 Å². The maximum absolute atomic E-state index is 10.9. The van der Waals surface area contributed by atoms with Crippen molar-refractivity contribution in [3.05, 3.63) is 34.0 Å². The van der Waals surface area contributed by atoms with E-state index in [1.165, 1.54) is 0 Å². The van der Waals surface area contributed by atoms with Gasteiger partial charge < -0.3 is 5.11 Å². The number of allylic oxidation sites excluding steroid dienone is 3. The first kappa shape index (κ1) is 21.4. The van der Waals surface area contributed by atoms with Crippen LogP contribution in [0, 0.1) is 10.1 Å². The van der Waals surface area contributed by atoms with Crippen molar-refractivity contribution in [3.8, 4) is 0 Å². The highest BCUT2D eigenvalue weighted by molar-refractivity contribution is 5.66. The highest BCUT2D eigenvalue weighted by atomic mass is 16.6. The van der Waals surface area contributed by atoms with Crippen LogP contribution in [0.3, 0.4) is 0 Å². The van der Waals surface area contributed by atoms with Gasteiger partial charge in [-0.1, -0.05) is 51.2 Å². The van der Waals surface area contributed by atoms with Gasteiger partial charge in [0.1, 0.15) is 0 Å². The van der Waals surface area contributed by atoms with E-state index in [1.807, 2.05) is 12.2 Å². The van der Waals surface area contributed by atoms with Gasteiger partial charge in [-0.25, -0.2) is 0 Å². The molecule has 0 radical (unpaired) electrons. The SMILES string of the molecule is CCCCCC=C(CC=CCCCCCCCC(=O)O)[N+](=O)[O-]. The van der Waals surface area contributed by atoms with Gasteiger partial charge in [0.15, 0.2) is 0 Å². The molecule has 0 fully saturated rings. The molecule has 0 bridgehead atoms. The van der Waals surface area contributed by atoms with E-state index in [-0.39, 0.29) is 11.3 Å². The molecule has 0 heterocycles. The molecule has 0 saturated carbocycles. The van der Waals surface area contributed by atoms with Crippen LogP contribution in [-0.2, 0) is 4.79 Å². The number of unbranched alkanes of at least 4 members (excludes halogenated alkanes) is 8. The minimum Gasteiger partial charge on any atom is -0.481 e. The zero-order valence-corrected chi connectivity index (χ0v) is 14.3. The molecule has 5 nitrogen and oxygen atoms in total. The Labute approximate surface area is 139 Å². The second-order valence-electron chi connectivity index (χ2n) is 5.82. The summed E-state index contributed by atoms with van der Waals surface area (Å²) in [6.07, 6.45) is 16.2. The van der Waals surface area contributed by atoms with Crippen LogP contribution >= 0.6 is 0 Å². The Morgan fingerprint density at radius 2 is 1.65 bits per heavy atom. The number of nitrogens with zero attached hydrogens (tertiary/aromatic N) is 1. The number of nitro groups is 1. The minimum absolute atomic E-state index is 0.258. The van der Waals surface area contributed by atoms with Gasteiger partial charge in [0.2, 0.25) is 5.70 Å². The lowest BCUT2D eigenvalue weighted by Gasteiger charge is -1.98. The first-order valence-electron chi connectivity index (χ1n) is 8.78. The van der Waals surface area contributed by atoms with Gasteiger partial charge in [-0.05, 0) is 38.2 Å². The van der Waals surface area contributed by atoms with Crippen molar-refractivity contribution in [1.82, 2.24) is 0 Å². The molecule has 0 aromatic rings. The molecule has 0 aliphatic heterocycles. The molecule has 1 N–H and O–H groups in total. The van der Waals surface area contributed by atoms with Crippen molar-refractivity contribution >= 4 is 5.97 Å². The highest BCUT2D eigenvalue weighted by Crippen LogP contribution is 2.11. The number of carboxylic acids is 1. The molecule has 132 valence electrons. The number of hydrogen-bond acceptors (Lipinski definition) is 3. The van der Waals surface area contributed by atoms with Crippen LogP contribution in [0.5, 0.6) is 0 Å². The Bertz CT molecular complexity index is 388. The van der Waals surface area contributed by atoms with Gasteiger partial charge >= 0.3 is 5.97 Å². The van der Waals surface area contributed by atoms with Crippen molar-refractivity contribution in [2.45, 2.75) is 84.0 Å². The van der Waals surface area contributed by atoms with Crippen molar-refractivity contribution in [2.75, 3.05) is 0 Å². The van der Waals surface area contributed by atoms with E-state index in [9.17, 15) is 14.9 Å². The maximum atomic E-state index is 10.9. The second-order valence-corrected chi connectivity index (χ2v) is 5.82. The Kier molecular flexibility index (Phi) is 14.2. The number of hydrogen-bond donors (Lipinski definition) is 1. The molecule has 0 rings (SSSR count). The predicted octanol–water partition coefficient (Wildman–Crippen LogP) is 5.49. The van der Waals surface area contributed by atoms with Crippen LogP contribution in [0.2, 0.25) is 0 Å². The summed E-state index contributed by atoms with van der Waals surface area (Å²) in [6.45, 7) is 2.12. The van der Waals surface area contributed by atoms with Crippen LogP contribution < -0.4 is 0 Å². The van der Waals surface area contributed by atoms with Crippen molar-refractivity contribution in [3.63, 3.8) is 0 Å². The largest absolute Gasteiger partial charge is 0.481 e. The highest BCUT2D eigenvalue weighted by Gasteiger charge is 2.06. The summed E-state index contributed by atoms with van der Waals surface area (Å²) < 4.78 is 0. The molecule has 5 heteroatoms. The fraction of sp³-hybridized carbons (Fsp3) is 0.722. The summed E-state index contributed by atoms with van der Waals surface area (Å²) in [5, 5.41) is 19.5. The van der Waals surface area contributed by atoms with Crippen LogP contribution in [0.4, 0.5) is 0 Å². The summed E-state index contributed by atoms with van der Waals surface area (Å²) in [7, 11) is 0. The molecule has 0 unspecified atom stereocenters. The zero-order valence-electron chi connectivity index (χ0n) is 14.3. The summed E-state index contributed by atoms with van der Waals surface area (Å²) in [4.78, 5) is 21.0. The predicted molar refractivity (Wildman–Crippen MR) is 92.9 cm³/mol. The summed E-state index contributed by atoms with van der Waals surface area (Å²) in [5.41, 5.74) is 0.297. The van der Waals surface area contributed by atoms with Gasteiger partial charge in [0, 0.05) is 6.42 Å². The summed E-state index contributed by atoms with van der Waals surface area (Å²) in [5.74, 6) is -0.725. The number of carbonyl (C=O) groups is 1. The number of aliphatic carboxylic acids is 1. The Hall–Kier alpha value is -1.65. The van der Waals surface area contributed by atoms with Gasteiger partial charge in [-0.2, -0.15) is 0 Å². The fourth-order valence-electron chi connectivity index (χ4n) is 2.29. The smallest absolute Gasteiger partial charge is 0.303 e. The monoisotopic (exact) mass is 325 g/mol. The number of rotatable bonds is 15. The molecule has 0 spiro atoms. The van der Waals surface area contributed by atoms with E-state index in [4.69, 9.17) is 5.11 Å². The third kappa shape index (κ3) is 15.0. The molecule has 0 atom stereocenters. The number of carboxylic acid groups (broad SMARTS) is 1. The molecular weight excluding hydrogens is 294 g/mol. The van der Waals surface area contributed by atoms with E-state index in [0.717, 1.165) is 64.2 Å². The quantitative estimate of drug-likeness (QED) is 0.187. The lowest BCUT2D eigenvalue weighted by Crippen LogP contribution is -1.97. The van der Waals surface area contributed by atoms with Crippen molar-refractivity contribution in [2.24, 2.45) is 0 Å². The van der Waals surface area contributed by atoms with E-state index in [0.29, 0.717) is 12.1 Å². The van der Waals surface area contributed by atoms with Gasteiger partial charge in [0.25, 0.3) is 0 Å². The Balaban J connectivity index is 3.72. The molecule has 0 aromatic carbocycles. The molecule has 0 aliphatic rings. The Morgan fingerprint density at radius 1 is 1.00 bits per heavy atom. The zero-order chi connectivity index (χ0) is 17.3. The Morgan fingerprint density at radius 3 is 2.30 bits per heavy atom. The molecule has 0 aromatic heterocycles. The average Bonchev–Trinajstić information content (AvgIpc) is 2.50. The van der Waals surface area contributed by atoms with Crippen LogP contribution in [0.25, 0.3) is 0 Å². The topological polar surface area (TPSA) is 80.4 Å². The molecule has 0 amide bonds. The van der Waals surface area contributed by atoms with Crippen molar-refractivity contribution in [1.29, 1.82) is 0 Å². The standard InChI is InChI=1S/C18H31NO4/c1-2-3-4-11-14-17(19(22)23)15-12-9-7-5-6-8-10-13-16-18(20)21/h9,12,14H,2-8,10-11,13,15-16H2,1H3,(H,20,21). The van der Waals surface area contributed by atoms with E-state index < -0.39 is 5.97 Å². The van der Waals surface area contributed by atoms with Crippen LogP contribution in [0.1, 0.15) is 84.0 Å². The first-order valence-corrected chi connectivity index (χ1v) is 8.78. The van der Waals surface area contributed by atoms with Gasteiger partial charge in [0.05, 0.1) is 11.3 Å². The average molecular weight is 325 g/mol. The molecule has 0 saturated heterocycles.